The minimum atomic E-state index is -0.480. The zero-order valence-electron chi connectivity index (χ0n) is 12.1. The van der Waals surface area contributed by atoms with Gasteiger partial charge in [0.2, 0.25) is 0 Å². The lowest BCUT2D eigenvalue weighted by Gasteiger charge is -2.15. The molecule has 0 bridgehead atoms. The second-order valence-corrected chi connectivity index (χ2v) is 4.83. The van der Waals surface area contributed by atoms with Crippen LogP contribution in [0.5, 0.6) is 5.75 Å². The smallest absolute Gasteiger partial charge is 0.130 e. The molecule has 0 aliphatic carbocycles. The Morgan fingerprint density at radius 2 is 2.10 bits per heavy atom. The Hall–Kier alpha value is -1.81. The van der Waals surface area contributed by atoms with E-state index in [0.29, 0.717) is 13.0 Å². The van der Waals surface area contributed by atoms with E-state index >= 15 is 0 Å². The summed E-state index contributed by atoms with van der Waals surface area (Å²) in [6.07, 6.45) is 4.92. The standard InChI is InChI=1S/C16H22N2O2/c1-3-9-18-12-17-10-13(18)11-20-16-8-6-5-7-14(16)15(19)4-2/h5-8,10,12,15,19H,3-4,9,11H2,1-2H3. The van der Waals surface area contributed by atoms with Gasteiger partial charge in [-0.05, 0) is 18.9 Å². The number of nitrogens with zero attached hydrogens (tertiary/aromatic N) is 2. The molecule has 0 aliphatic heterocycles. The van der Waals surface area contributed by atoms with E-state index in [1.54, 1.807) is 0 Å². The van der Waals surface area contributed by atoms with Crippen molar-refractivity contribution in [3.8, 4) is 5.75 Å². The Kier molecular flexibility index (Phi) is 5.18. The van der Waals surface area contributed by atoms with Crippen molar-refractivity contribution in [3.05, 3.63) is 48.0 Å². The number of aromatic nitrogens is 2. The van der Waals surface area contributed by atoms with E-state index in [2.05, 4.69) is 16.5 Å². The topological polar surface area (TPSA) is 47.3 Å². The van der Waals surface area contributed by atoms with Crippen molar-refractivity contribution in [2.45, 2.75) is 45.9 Å². The van der Waals surface area contributed by atoms with Gasteiger partial charge >= 0.3 is 0 Å². The quantitative estimate of drug-likeness (QED) is 0.842. The van der Waals surface area contributed by atoms with E-state index in [0.717, 1.165) is 30.0 Å². The van der Waals surface area contributed by atoms with E-state index < -0.39 is 6.10 Å². The van der Waals surface area contributed by atoms with Crippen molar-refractivity contribution in [1.82, 2.24) is 9.55 Å². The fourth-order valence-corrected chi connectivity index (χ4v) is 2.17. The first-order valence-electron chi connectivity index (χ1n) is 7.15. The van der Waals surface area contributed by atoms with Crippen molar-refractivity contribution in [2.75, 3.05) is 0 Å². The Bertz CT molecular complexity index is 537. The molecule has 1 heterocycles. The lowest BCUT2D eigenvalue weighted by atomic mass is 10.1. The number of rotatable bonds is 7. The highest BCUT2D eigenvalue weighted by Crippen LogP contribution is 2.27. The maximum atomic E-state index is 10.0. The average molecular weight is 274 g/mol. The predicted molar refractivity (Wildman–Crippen MR) is 78.5 cm³/mol. The molecule has 1 N–H and O–H groups in total. The summed E-state index contributed by atoms with van der Waals surface area (Å²) in [5, 5.41) is 10.0. The molecule has 0 radical (unpaired) electrons. The van der Waals surface area contributed by atoms with Crippen LogP contribution in [0.1, 0.15) is 44.1 Å². The summed E-state index contributed by atoms with van der Waals surface area (Å²) < 4.78 is 7.97. The van der Waals surface area contributed by atoms with Crippen LogP contribution >= 0.6 is 0 Å². The van der Waals surface area contributed by atoms with Crippen molar-refractivity contribution < 1.29 is 9.84 Å². The predicted octanol–water partition coefficient (Wildman–Crippen LogP) is 3.32. The first-order chi connectivity index (χ1) is 9.76. The van der Waals surface area contributed by atoms with Crippen LogP contribution in [0.4, 0.5) is 0 Å². The van der Waals surface area contributed by atoms with Gasteiger partial charge in [0.25, 0.3) is 0 Å². The molecule has 1 aromatic heterocycles. The van der Waals surface area contributed by atoms with Crippen LogP contribution in [-0.4, -0.2) is 14.7 Å². The summed E-state index contributed by atoms with van der Waals surface area (Å²) in [5.41, 5.74) is 1.89. The van der Waals surface area contributed by atoms with Crippen molar-refractivity contribution in [2.24, 2.45) is 0 Å². The third kappa shape index (κ3) is 3.39. The normalized spacial score (nSPS) is 12.3. The number of ether oxygens (including phenoxy) is 1. The molecule has 0 amide bonds. The summed E-state index contributed by atoms with van der Waals surface area (Å²) in [4.78, 5) is 4.16. The summed E-state index contributed by atoms with van der Waals surface area (Å²) >= 11 is 0. The van der Waals surface area contributed by atoms with Crippen molar-refractivity contribution in [1.29, 1.82) is 0 Å². The number of aliphatic hydroxyl groups is 1. The fourth-order valence-electron chi connectivity index (χ4n) is 2.17. The van der Waals surface area contributed by atoms with Crippen LogP contribution < -0.4 is 4.74 Å². The molecule has 1 atom stereocenters. The lowest BCUT2D eigenvalue weighted by Crippen LogP contribution is -2.07. The van der Waals surface area contributed by atoms with Crippen LogP contribution in [0.15, 0.2) is 36.8 Å². The van der Waals surface area contributed by atoms with Crippen molar-refractivity contribution >= 4 is 0 Å². The van der Waals surface area contributed by atoms with Gasteiger partial charge in [0.15, 0.2) is 0 Å². The molecule has 4 nitrogen and oxygen atoms in total. The van der Waals surface area contributed by atoms with E-state index in [9.17, 15) is 5.11 Å². The van der Waals surface area contributed by atoms with Gasteiger partial charge < -0.3 is 14.4 Å². The first-order valence-corrected chi connectivity index (χ1v) is 7.15. The number of hydrogen-bond acceptors (Lipinski definition) is 3. The van der Waals surface area contributed by atoms with Gasteiger partial charge in [0.1, 0.15) is 12.4 Å². The number of hydrogen-bond donors (Lipinski definition) is 1. The molecular weight excluding hydrogens is 252 g/mol. The molecule has 1 aromatic carbocycles. The van der Waals surface area contributed by atoms with Crippen LogP contribution in [0.25, 0.3) is 0 Å². The number of benzene rings is 1. The third-order valence-corrected chi connectivity index (χ3v) is 3.30. The molecule has 2 aromatic rings. The number of para-hydroxylation sites is 1. The number of imidazole rings is 1. The van der Waals surface area contributed by atoms with Gasteiger partial charge in [0.05, 0.1) is 24.3 Å². The molecule has 108 valence electrons. The molecule has 4 heteroatoms. The SMILES string of the molecule is CCCn1cncc1COc1ccccc1C(O)CC. The second-order valence-electron chi connectivity index (χ2n) is 4.83. The maximum Gasteiger partial charge on any atom is 0.130 e. The third-order valence-electron chi connectivity index (χ3n) is 3.30. The summed E-state index contributed by atoms with van der Waals surface area (Å²) in [6.45, 7) is 5.50. The molecule has 1 unspecified atom stereocenters. The summed E-state index contributed by atoms with van der Waals surface area (Å²) in [6, 6.07) is 7.65. The Morgan fingerprint density at radius 1 is 1.30 bits per heavy atom. The van der Waals surface area contributed by atoms with E-state index in [1.165, 1.54) is 0 Å². The second kappa shape index (κ2) is 7.10. The maximum absolute atomic E-state index is 10.0. The summed E-state index contributed by atoms with van der Waals surface area (Å²) in [7, 11) is 0. The van der Waals surface area contributed by atoms with Gasteiger partial charge in [0, 0.05) is 12.1 Å². The highest BCUT2D eigenvalue weighted by Gasteiger charge is 2.11. The van der Waals surface area contributed by atoms with Gasteiger partial charge in [-0.2, -0.15) is 0 Å². The van der Waals surface area contributed by atoms with E-state index in [4.69, 9.17) is 4.74 Å². The molecular formula is C16H22N2O2. The Morgan fingerprint density at radius 3 is 2.85 bits per heavy atom. The summed E-state index contributed by atoms with van der Waals surface area (Å²) in [5.74, 6) is 0.742. The minimum absolute atomic E-state index is 0.466. The van der Waals surface area contributed by atoms with Gasteiger partial charge in [-0.1, -0.05) is 32.0 Å². The average Bonchev–Trinajstić information content (AvgIpc) is 2.92. The van der Waals surface area contributed by atoms with Gasteiger partial charge in [-0.25, -0.2) is 4.98 Å². The van der Waals surface area contributed by atoms with Crippen LogP contribution in [0.3, 0.4) is 0 Å². The molecule has 0 saturated heterocycles. The van der Waals surface area contributed by atoms with Crippen LogP contribution in [0.2, 0.25) is 0 Å². The van der Waals surface area contributed by atoms with Gasteiger partial charge in [-0.3, -0.25) is 0 Å². The zero-order valence-corrected chi connectivity index (χ0v) is 12.1. The lowest BCUT2D eigenvalue weighted by molar-refractivity contribution is 0.166. The van der Waals surface area contributed by atoms with Gasteiger partial charge in [-0.15, -0.1) is 0 Å². The fraction of sp³-hybridized carbons (Fsp3) is 0.438. The van der Waals surface area contributed by atoms with Crippen LogP contribution in [0, 0.1) is 0 Å². The van der Waals surface area contributed by atoms with Crippen molar-refractivity contribution in [3.63, 3.8) is 0 Å². The Labute approximate surface area is 120 Å². The van der Waals surface area contributed by atoms with E-state index in [1.807, 2.05) is 43.7 Å². The number of aryl methyl sites for hydroxylation is 1. The van der Waals surface area contributed by atoms with E-state index in [-0.39, 0.29) is 0 Å². The molecule has 2 rings (SSSR count). The molecule has 20 heavy (non-hydrogen) atoms. The first kappa shape index (κ1) is 14.6. The van der Waals surface area contributed by atoms with Crippen LogP contribution in [-0.2, 0) is 13.2 Å². The molecule has 0 spiro atoms. The Balaban J connectivity index is 2.09. The zero-order chi connectivity index (χ0) is 14.4. The number of aliphatic hydroxyl groups excluding tert-OH is 1. The largest absolute Gasteiger partial charge is 0.487 e. The molecule has 0 saturated carbocycles. The minimum Gasteiger partial charge on any atom is -0.487 e. The molecule has 0 fully saturated rings. The highest BCUT2D eigenvalue weighted by atomic mass is 16.5. The highest BCUT2D eigenvalue weighted by molar-refractivity contribution is 5.35. The monoisotopic (exact) mass is 274 g/mol. The molecule has 0 aliphatic rings.